The second-order valence-corrected chi connectivity index (χ2v) is 12.9. The van der Waals surface area contributed by atoms with Gasteiger partial charge in [0, 0.05) is 43.5 Å². The standard InChI is InChI=1S/C23H27N5O3S3/c1-17(2)32-23-26-25-22(33-23)24-21(29)19-10-8-18(9-11-19)16-27-12-14-28(15-13-27)34(30,31)20-6-4-3-5-7-20/h3-11,17H,12-16H2,1-2H3,(H,24,25,29). The van der Waals surface area contributed by atoms with Gasteiger partial charge in [-0.3, -0.25) is 15.0 Å². The first kappa shape index (κ1) is 24.8. The van der Waals surface area contributed by atoms with Gasteiger partial charge in [0.2, 0.25) is 15.2 Å². The minimum Gasteiger partial charge on any atom is -0.296 e. The van der Waals surface area contributed by atoms with E-state index >= 15 is 0 Å². The van der Waals surface area contributed by atoms with Crippen molar-refractivity contribution in [2.24, 2.45) is 0 Å². The van der Waals surface area contributed by atoms with Gasteiger partial charge in [-0.2, -0.15) is 4.31 Å². The number of piperazine rings is 1. The van der Waals surface area contributed by atoms with Gasteiger partial charge in [0.15, 0.2) is 4.34 Å². The highest BCUT2D eigenvalue weighted by Crippen LogP contribution is 2.28. The molecule has 2 heterocycles. The molecule has 2 aromatic carbocycles. The zero-order chi connectivity index (χ0) is 24.1. The molecule has 0 aliphatic carbocycles. The molecule has 0 saturated carbocycles. The van der Waals surface area contributed by atoms with E-state index in [4.69, 9.17) is 0 Å². The molecule has 1 amide bonds. The van der Waals surface area contributed by atoms with Crippen LogP contribution >= 0.6 is 23.1 Å². The second-order valence-electron chi connectivity index (χ2n) is 8.18. The lowest BCUT2D eigenvalue weighted by molar-refractivity contribution is 0.102. The highest BCUT2D eigenvalue weighted by Gasteiger charge is 2.28. The Hall–Kier alpha value is -2.31. The number of rotatable bonds is 8. The molecule has 0 radical (unpaired) electrons. The van der Waals surface area contributed by atoms with Crippen LogP contribution < -0.4 is 5.32 Å². The van der Waals surface area contributed by atoms with Gasteiger partial charge in [0.1, 0.15) is 0 Å². The largest absolute Gasteiger partial charge is 0.296 e. The number of carbonyl (C=O) groups excluding carboxylic acids is 1. The molecule has 3 aromatic rings. The average molecular weight is 518 g/mol. The van der Waals surface area contributed by atoms with Crippen LogP contribution in [0.5, 0.6) is 0 Å². The van der Waals surface area contributed by atoms with Gasteiger partial charge in [0.05, 0.1) is 4.90 Å². The zero-order valence-electron chi connectivity index (χ0n) is 19.0. The van der Waals surface area contributed by atoms with E-state index in [-0.39, 0.29) is 5.91 Å². The summed E-state index contributed by atoms with van der Waals surface area (Å²) in [6, 6.07) is 16.0. The van der Waals surface area contributed by atoms with Crippen molar-refractivity contribution in [1.29, 1.82) is 0 Å². The molecule has 0 atom stereocenters. The van der Waals surface area contributed by atoms with Gasteiger partial charge in [-0.05, 0) is 29.8 Å². The van der Waals surface area contributed by atoms with Crippen molar-refractivity contribution in [3.05, 3.63) is 65.7 Å². The summed E-state index contributed by atoms with van der Waals surface area (Å²) in [7, 11) is -3.45. The number of hydrogen-bond donors (Lipinski definition) is 1. The molecule has 0 unspecified atom stereocenters. The molecule has 180 valence electrons. The number of nitrogens with one attached hydrogen (secondary N) is 1. The van der Waals surface area contributed by atoms with Crippen molar-refractivity contribution in [1.82, 2.24) is 19.4 Å². The number of carbonyl (C=O) groups is 1. The number of hydrogen-bond acceptors (Lipinski definition) is 8. The summed E-state index contributed by atoms with van der Waals surface area (Å²) < 4.78 is 28.0. The van der Waals surface area contributed by atoms with E-state index in [2.05, 4.69) is 34.3 Å². The first-order chi connectivity index (χ1) is 16.3. The van der Waals surface area contributed by atoms with Crippen molar-refractivity contribution >= 4 is 44.2 Å². The Morgan fingerprint density at radius 1 is 1.03 bits per heavy atom. The van der Waals surface area contributed by atoms with E-state index in [1.807, 2.05) is 18.2 Å². The number of amides is 1. The summed E-state index contributed by atoms with van der Waals surface area (Å²) in [6.07, 6.45) is 0. The third kappa shape index (κ3) is 6.22. The SMILES string of the molecule is CC(C)Sc1nnc(NC(=O)c2ccc(CN3CCN(S(=O)(=O)c4ccccc4)CC3)cc2)s1. The average Bonchev–Trinajstić information content (AvgIpc) is 3.26. The lowest BCUT2D eigenvalue weighted by atomic mass is 10.1. The van der Waals surface area contributed by atoms with Gasteiger partial charge in [0.25, 0.3) is 5.91 Å². The fourth-order valence-electron chi connectivity index (χ4n) is 3.57. The molecule has 4 rings (SSSR count). The molecule has 1 aliphatic heterocycles. The Kier molecular flexibility index (Phi) is 7.99. The molecule has 1 fully saturated rings. The van der Waals surface area contributed by atoms with Crippen molar-refractivity contribution in [3.8, 4) is 0 Å². The van der Waals surface area contributed by atoms with E-state index in [9.17, 15) is 13.2 Å². The monoisotopic (exact) mass is 517 g/mol. The molecule has 1 N–H and O–H groups in total. The predicted octanol–water partition coefficient (Wildman–Crippen LogP) is 3.80. The Bertz CT molecular complexity index is 1210. The lowest BCUT2D eigenvalue weighted by Gasteiger charge is -2.34. The van der Waals surface area contributed by atoms with Crippen LogP contribution in [-0.4, -0.2) is 65.2 Å². The molecule has 34 heavy (non-hydrogen) atoms. The minimum atomic E-state index is -3.45. The van der Waals surface area contributed by atoms with Gasteiger partial charge < -0.3 is 0 Å². The van der Waals surface area contributed by atoms with Crippen molar-refractivity contribution in [3.63, 3.8) is 0 Å². The topological polar surface area (TPSA) is 95.5 Å². The van der Waals surface area contributed by atoms with E-state index in [0.29, 0.717) is 53.6 Å². The molecule has 0 spiro atoms. The lowest BCUT2D eigenvalue weighted by Crippen LogP contribution is -2.48. The molecule has 1 saturated heterocycles. The third-order valence-electron chi connectivity index (χ3n) is 5.30. The van der Waals surface area contributed by atoms with Crippen molar-refractivity contribution < 1.29 is 13.2 Å². The maximum absolute atomic E-state index is 12.8. The Labute approximate surface area is 208 Å². The smallest absolute Gasteiger partial charge is 0.257 e. The van der Waals surface area contributed by atoms with Crippen LogP contribution in [0, 0.1) is 0 Å². The summed E-state index contributed by atoms with van der Waals surface area (Å²) >= 11 is 2.98. The first-order valence-electron chi connectivity index (χ1n) is 11.0. The number of anilines is 1. The first-order valence-corrected chi connectivity index (χ1v) is 14.1. The summed E-state index contributed by atoms with van der Waals surface area (Å²) in [5.41, 5.74) is 1.62. The van der Waals surface area contributed by atoms with Crippen molar-refractivity contribution in [2.45, 2.75) is 34.9 Å². The highest BCUT2D eigenvalue weighted by atomic mass is 32.2. The zero-order valence-corrected chi connectivity index (χ0v) is 21.5. The van der Waals surface area contributed by atoms with Gasteiger partial charge in [-0.1, -0.05) is 67.3 Å². The molecular weight excluding hydrogens is 490 g/mol. The maximum Gasteiger partial charge on any atom is 0.257 e. The van der Waals surface area contributed by atoms with Crippen molar-refractivity contribution in [2.75, 3.05) is 31.5 Å². The number of thioether (sulfide) groups is 1. The number of sulfonamides is 1. The van der Waals surface area contributed by atoms with Crippen LogP contribution in [0.15, 0.2) is 63.8 Å². The van der Waals surface area contributed by atoms with Gasteiger partial charge in [-0.25, -0.2) is 8.42 Å². The Balaban J connectivity index is 1.29. The summed E-state index contributed by atoms with van der Waals surface area (Å²) in [5.74, 6) is -0.219. The Morgan fingerprint density at radius 2 is 1.71 bits per heavy atom. The van der Waals surface area contributed by atoms with Crippen LogP contribution in [0.2, 0.25) is 0 Å². The summed E-state index contributed by atoms with van der Waals surface area (Å²) in [5, 5.41) is 11.8. The van der Waals surface area contributed by atoms with Crippen LogP contribution in [0.1, 0.15) is 29.8 Å². The second kappa shape index (κ2) is 11.0. The normalized spacial score (nSPS) is 15.5. The number of aromatic nitrogens is 2. The van der Waals surface area contributed by atoms with Crippen LogP contribution in [0.25, 0.3) is 0 Å². The third-order valence-corrected chi connectivity index (χ3v) is 9.14. The van der Waals surface area contributed by atoms with Crippen LogP contribution in [0.3, 0.4) is 0 Å². The molecule has 8 nitrogen and oxygen atoms in total. The molecular formula is C23H27N5O3S3. The molecule has 1 aliphatic rings. The van der Waals surface area contributed by atoms with E-state index in [0.717, 1.165) is 9.90 Å². The van der Waals surface area contributed by atoms with E-state index in [1.165, 1.54) is 11.3 Å². The van der Waals surface area contributed by atoms with Gasteiger partial charge in [-0.15, -0.1) is 10.2 Å². The summed E-state index contributed by atoms with van der Waals surface area (Å²) in [4.78, 5) is 15.1. The van der Waals surface area contributed by atoms with Crippen LogP contribution in [-0.2, 0) is 16.6 Å². The van der Waals surface area contributed by atoms with E-state index in [1.54, 1.807) is 52.5 Å². The maximum atomic E-state index is 12.8. The van der Waals surface area contributed by atoms with E-state index < -0.39 is 10.0 Å². The summed E-state index contributed by atoms with van der Waals surface area (Å²) in [6.45, 7) is 7.08. The fourth-order valence-corrected chi connectivity index (χ4v) is 6.98. The molecule has 0 bridgehead atoms. The Morgan fingerprint density at radius 3 is 2.35 bits per heavy atom. The fraction of sp³-hybridized carbons (Fsp3) is 0.348. The quantitative estimate of drug-likeness (QED) is 0.359. The number of benzene rings is 2. The number of nitrogens with zero attached hydrogens (tertiary/aromatic N) is 4. The minimum absolute atomic E-state index is 0.219. The van der Waals surface area contributed by atoms with Gasteiger partial charge >= 0.3 is 0 Å². The molecule has 11 heteroatoms. The predicted molar refractivity (Wildman–Crippen MR) is 136 cm³/mol. The van der Waals surface area contributed by atoms with Crippen LogP contribution in [0.4, 0.5) is 5.13 Å². The molecule has 1 aromatic heterocycles. The highest BCUT2D eigenvalue weighted by molar-refractivity contribution is 8.01.